The van der Waals surface area contributed by atoms with Gasteiger partial charge in [-0.1, -0.05) is 62.2 Å². The fraction of sp³-hybridized carbons (Fsp3) is 0.0588. The summed E-state index contributed by atoms with van der Waals surface area (Å²) >= 11 is 7.81. The topological polar surface area (TPSA) is 37.4 Å². The van der Waals surface area contributed by atoms with Gasteiger partial charge in [0.1, 0.15) is 0 Å². The van der Waals surface area contributed by atoms with E-state index in [1.807, 2.05) is 48.5 Å². The number of benzene rings is 2. The molecule has 0 N–H and O–H groups in total. The first-order valence-electron chi connectivity index (χ1n) is 6.78. The number of rotatable bonds is 3. The fourth-order valence-corrected chi connectivity index (χ4v) is 4.38. The maximum absolute atomic E-state index is 12.5. The zero-order valence-electron chi connectivity index (χ0n) is 11.8. The van der Waals surface area contributed by atoms with Crippen molar-refractivity contribution < 1.29 is 9.59 Å². The summed E-state index contributed by atoms with van der Waals surface area (Å²) in [4.78, 5) is 26.3. The first-order valence-corrected chi connectivity index (χ1v) is 9.18. The van der Waals surface area contributed by atoms with Gasteiger partial charge in [0.05, 0.1) is 11.4 Å². The summed E-state index contributed by atoms with van der Waals surface area (Å²) < 4.78 is 1.81. The highest BCUT2D eigenvalue weighted by atomic mass is 79.9. The molecular formula is C17H11Br2NO2S. The molecule has 0 unspecified atom stereocenters. The number of carbonyl (C=O) groups is 2. The molecule has 2 aromatic carbocycles. The zero-order valence-corrected chi connectivity index (χ0v) is 15.8. The minimum atomic E-state index is -0.250. The Labute approximate surface area is 155 Å². The van der Waals surface area contributed by atoms with Gasteiger partial charge in [-0.05, 0) is 47.2 Å². The van der Waals surface area contributed by atoms with Crippen LogP contribution in [0.1, 0.15) is 11.1 Å². The minimum Gasteiger partial charge on any atom is -0.268 e. The van der Waals surface area contributed by atoms with Crippen molar-refractivity contribution in [1.82, 2.24) is 4.90 Å². The van der Waals surface area contributed by atoms with Crippen LogP contribution in [0.15, 0.2) is 62.4 Å². The maximum Gasteiger partial charge on any atom is 0.293 e. The minimum absolute atomic E-state index is 0.237. The van der Waals surface area contributed by atoms with Gasteiger partial charge < -0.3 is 0 Å². The molecule has 0 aliphatic carbocycles. The molecule has 0 saturated carbocycles. The lowest BCUT2D eigenvalue weighted by Crippen LogP contribution is -2.27. The lowest BCUT2D eigenvalue weighted by molar-refractivity contribution is -0.123. The van der Waals surface area contributed by atoms with Gasteiger partial charge in [-0.3, -0.25) is 14.5 Å². The van der Waals surface area contributed by atoms with Crippen molar-refractivity contribution in [3.05, 3.63) is 73.5 Å². The number of carbonyl (C=O) groups excluding carboxylic acids is 2. The number of nitrogens with zero attached hydrogens (tertiary/aromatic N) is 1. The molecule has 23 heavy (non-hydrogen) atoms. The Morgan fingerprint density at radius 3 is 2.30 bits per heavy atom. The van der Waals surface area contributed by atoms with Crippen LogP contribution in [0.5, 0.6) is 0 Å². The Hall–Kier alpha value is -1.37. The molecule has 0 radical (unpaired) electrons. The third-order valence-corrected chi connectivity index (χ3v) is 5.06. The van der Waals surface area contributed by atoms with Gasteiger partial charge >= 0.3 is 0 Å². The van der Waals surface area contributed by atoms with E-state index in [0.717, 1.165) is 31.8 Å². The van der Waals surface area contributed by atoms with Gasteiger partial charge in [0.15, 0.2) is 0 Å². The Morgan fingerprint density at radius 1 is 1.00 bits per heavy atom. The summed E-state index contributed by atoms with van der Waals surface area (Å²) in [7, 11) is 0. The summed E-state index contributed by atoms with van der Waals surface area (Å²) in [5.74, 6) is -0.250. The predicted octanol–water partition coefficient (Wildman–Crippen LogP) is 5.45. The first kappa shape index (κ1) is 16.5. The highest BCUT2D eigenvalue weighted by molar-refractivity contribution is 9.11. The average Bonchev–Trinajstić information content (AvgIpc) is 2.75. The Morgan fingerprint density at radius 2 is 1.65 bits per heavy atom. The summed E-state index contributed by atoms with van der Waals surface area (Å²) in [6.45, 7) is 0.297. The fourth-order valence-electron chi connectivity index (χ4n) is 2.21. The largest absolute Gasteiger partial charge is 0.293 e. The van der Waals surface area contributed by atoms with Crippen LogP contribution in [0.3, 0.4) is 0 Å². The molecule has 6 heteroatoms. The molecule has 1 aliphatic rings. The summed E-state index contributed by atoms with van der Waals surface area (Å²) in [6.07, 6.45) is 1.74. The third-order valence-electron chi connectivity index (χ3n) is 3.24. The molecule has 0 bridgehead atoms. The van der Waals surface area contributed by atoms with E-state index in [-0.39, 0.29) is 11.1 Å². The molecular weight excluding hydrogens is 442 g/mol. The van der Waals surface area contributed by atoms with E-state index in [0.29, 0.717) is 11.4 Å². The van der Waals surface area contributed by atoms with E-state index in [9.17, 15) is 9.59 Å². The van der Waals surface area contributed by atoms with Crippen molar-refractivity contribution in [3.63, 3.8) is 0 Å². The SMILES string of the molecule is O=C1S/C(=C\c2cc(Br)cc(Br)c2)C(=O)N1Cc1ccccc1. The van der Waals surface area contributed by atoms with Gasteiger partial charge in [0.2, 0.25) is 0 Å². The Balaban J connectivity index is 1.84. The predicted molar refractivity (Wildman–Crippen MR) is 99.8 cm³/mol. The van der Waals surface area contributed by atoms with Crippen molar-refractivity contribution in [3.8, 4) is 0 Å². The third kappa shape index (κ3) is 3.94. The number of halogens is 2. The quantitative estimate of drug-likeness (QED) is 0.581. The highest BCUT2D eigenvalue weighted by Gasteiger charge is 2.34. The molecule has 0 spiro atoms. The molecule has 3 rings (SSSR count). The molecule has 3 nitrogen and oxygen atoms in total. The molecule has 2 amide bonds. The number of thioether (sulfide) groups is 1. The summed E-state index contributed by atoms with van der Waals surface area (Å²) in [5, 5.41) is -0.237. The van der Waals surface area contributed by atoms with Crippen molar-refractivity contribution >= 4 is 60.8 Å². The van der Waals surface area contributed by atoms with Crippen molar-refractivity contribution in [2.45, 2.75) is 6.54 Å². The Bertz CT molecular complexity index is 785. The molecule has 1 heterocycles. The molecule has 1 saturated heterocycles. The van der Waals surface area contributed by atoms with Crippen LogP contribution in [0.4, 0.5) is 4.79 Å². The second kappa shape index (κ2) is 7.03. The van der Waals surface area contributed by atoms with Crippen LogP contribution in [0, 0.1) is 0 Å². The number of hydrogen-bond acceptors (Lipinski definition) is 3. The number of imide groups is 1. The number of hydrogen-bond donors (Lipinski definition) is 0. The summed E-state index contributed by atoms with van der Waals surface area (Å²) in [5.41, 5.74) is 1.79. The molecule has 0 atom stereocenters. The van der Waals surface area contributed by atoms with Gasteiger partial charge in [-0.2, -0.15) is 0 Å². The van der Waals surface area contributed by atoms with E-state index in [2.05, 4.69) is 31.9 Å². The van der Waals surface area contributed by atoms with Gasteiger partial charge in [-0.15, -0.1) is 0 Å². The second-order valence-electron chi connectivity index (χ2n) is 4.96. The van der Waals surface area contributed by atoms with Crippen LogP contribution in [0.2, 0.25) is 0 Å². The molecule has 116 valence electrons. The van der Waals surface area contributed by atoms with E-state index in [1.165, 1.54) is 4.90 Å². The van der Waals surface area contributed by atoms with Crippen LogP contribution in [-0.4, -0.2) is 16.0 Å². The smallest absolute Gasteiger partial charge is 0.268 e. The lowest BCUT2D eigenvalue weighted by atomic mass is 10.2. The second-order valence-corrected chi connectivity index (χ2v) is 7.78. The Kier molecular flexibility index (Phi) is 5.04. The van der Waals surface area contributed by atoms with Crippen molar-refractivity contribution in [2.24, 2.45) is 0 Å². The van der Waals surface area contributed by atoms with Crippen LogP contribution in [-0.2, 0) is 11.3 Å². The average molecular weight is 453 g/mol. The van der Waals surface area contributed by atoms with Crippen LogP contribution in [0.25, 0.3) is 6.08 Å². The van der Waals surface area contributed by atoms with Gasteiger partial charge in [-0.25, -0.2) is 0 Å². The molecule has 0 aromatic heterocycles. The van der Waals surface area contributed by atoms with Crippen molar-refractivity contribution in [1.29, 1.82) is 0 Å². The maximum atomic E-state index is 12.5. The summed E-state index contributed by atoms with van der Waals surface area (Å²) in [6, 6.07) is 15.2. The van der Waals surface area contributed by atoms with Crippen LogP contribution < -0.4 is 0 Å². The van der Waals surface area contributed by atoms with E-state index in [4.69, 9.17) is 0 Å². The number of amides is 2. The van der Waals surface area contributed by atoms with Crippen LogP contribution >= 0.6 is 43.6 Å². The highest BCUT2D eigenvalue weighted by Crippen LogP contribution is 2.34. The van der Waals surface area contributed by atoms with E-state index >= 15 is 0 Å². The zero-order chi connectivity index (χ0) is 16.4. The molecule has 1 fully saturated rings. The molecule has 1 aliphatic heterocycles. The first-order chi connectivity index (χ1) is 11.0. The van der Waals surface area contributed by atoms with Gasteiger partial charge in [0, 0.05) is 8.95 Å². The van der Waals surface area contributed by atoms with Crippen molar-refractivity contribution in [2.75, 3.05) is 0 Å². The van der Waals surface area contributed by atoms with E-state index in [1.54, 1.807) is 6.08 Å². The standard InChI is InChI=1S/C17H11Br2NO2S/c18-13-6-12(7-14(19)9-13)8-15-16(21)20(17(22)23-15)10-11-4-2-1-3-5-11/h1-9H,10H2/b15-8-. The van der Waals surface area contributed by atoms with E-state index < -0.39 is 0 Å². The lowest BCUT2D eigenvalue weighted by Gasteiger charge is -2.12. The normalized spacial score (nSPS) is 16.4. The molecule has 2 aromatic rings. The monoisotopic (exact) mass is 451 g/mol. The van der Waals surface area contributed by atoms with Gasteiger partial charge in [0.25, 0.3) is 11.1 Å².